The third kappa shape index (κ3) is 3.16. The van der Waals surface area contributed by atoms with Crippen LogP contribution in [0.2, 0.25) is 0 Å². The average Bonchev–Trinajstić information content (AvgIpc) is 2.14. The van der Waals surface area contributed by atoms with Crippen molar-refractivity contribution in [2.75, 3.05) is 7.11 Å². The summed E-state index contributed by atoms with van der Waals surface area (Å²) in [5.74, 6) is -0.286. The molecule has 0 amide bonds. The zero-order valence-corrected chi connectivity index (χ0v) is 9.71. The smallest absolute Gasteiger partial charge is 0.274 e. The summed E-state index contributed by atoms with van der Waals surface area (Å²) >= 11 is 0. The molecule has 90 valence electrons. The van der Waals surface area contributed by atoms with E-state index >= 15 is 0 Å². The fourth-order valence-corrected chi connectivity index (χ4v) is 2.03. The molecule has 1 atom stereocenters. The number of methoxy groups -OCH3 is 1. The highest BCUT2D eigenvalue weighted by atomic mass is 32.2. The Hall–Kier alpha value is -1.18. The van der Waals surface area contributed by atoms with Crippen LogP contribution in [-0.4, -0.2) is 15.5 Å². The van der Waals surface area contributed by atoms with Crippen LogP contribution >= 0.6 is 0 Å². The van der Waals surface area contributed by atoms with Crippen LogP contribution in [0, 0.1) is 5.82 Å². The third-order valence-corrected chi connectivity index (χ3v) is 2.69. The minimum absolute atomic E-state index is 0.124. The van der Waals surface area contributed by atoms with Crippen LogP contribution in [0.25, 0.3) is 0 Å². The van der Waals surface area contributed by atoms with Gasteiger partial charge in [0.15, 0.2) is 0 Å². The Balaban J connectivity index is 3.12. The van der Waals surface area contributed by atoms with E-state index in [1.807, 2.05) is 0 Å². The maximum absolute atomic E-state index is 13.5. The second-order valence-corrected chi connectivity index (χ2v) is 4.57. The van der Waals surface area contributed by atoms with Gasteiger partial charge in [0.05, 0.1) is 13.2 Å². The van der Waals surface area contributed by atoms with Gasteiger partial charge in [-0.3, -0.25) is 0 Å². The highest BCUT2D eigenvalue weighted by molar-refractivity contribution is 7.87. The number of halogens is 1. The molecule has 0 aliphatic rings. The summed E-state index contributed by atoms with van der Waals surface area (Å²) in [7, 11) is -2.51. The maximum atomic E-state index is 13.5. The van der Waals surface area contributed by atoms with E-state index in [1.165, 1.54) is 26.2 Å². The molecule has 5 nitrogen and oxygen atoms in total. The topological polar surface area (TPSA) is 81.4 Å². The van der Waals surface area contributed by atoms with Crippen molar-refractivity contribution in [2.24, 2.45) is 5.14 Å². The Morgan fingerprint density at radius 3 is 2.62 bits per heavy atom. The van der Waals surface area contributed by atoms with Gasteiger partial charge < -0.3 is 4.74 Å². The van der Waals surface area contributed by atoms with E-state index in [0.717, 1.165) is 0 Å². The number of benzene rings is 1. The number of rotatable bonds is 4. The molecule has 0 heterocycles. The van der Waals surface area contributed by atoms with Gasteiger partial charge in [-0.1, -0.05) is 6.07 Å². The number of hydrogen-bond acceptors (Lipinski definition) is 3. The predicted octanol–water partition coefficient (Wildman–Crippen LogP) is 0.688. The number of nitrogens with one attached hydrogen (secondary N) is 1. The van der Waals surface area contributed by atoms with Crippen LogP contribution in [0.1, 0.15) is 18.5 Å². The van der Waals surface area contributed by atoms with E-state index in [-0.39, 0.29) is 11.3 Å². The highest BCUT2D eigenvalue weighted by Gasteiger charge is 2.19. The summed E-state index contributed by atoms with van der Waals surface area (Å²) in [5, 5.41) is 4.81. The summed E-state index contributed by atoms with van der Waals surface area (Å²) < 4.78 is 42.2. The van der Waals surface area contributed by atoms with Gasteiger partial charge >= 0.3 is 0 Å². The standard InChI is InChI=1S/C9H13FN2O3S/c1-6(12-16(11,13)14)9-7(10)4-3-5-8(9)15-2/h3-6,12H,1-2H3,(H2,11,13,14)/t6-/m0/s1. The zero-order valence-electron chi connectivity index (χ0n) is 8.90. The number of nitrogens with two attached hydrogens (primary N) is 1. The van der Waals surface area contributed by atoms with Crippen molar-refractivity contribution < 1.29 is 17.5 Å². The molecule has 1 aromatic carbocycles. The summed E-state index contributed by atoms with van der Waals surface area (Å²) in [6.45, 7) is 1.48. The Morgan fingerprint density at radius 2 is 2.12 bits per heavy atom. The van der Waals surface area contributed by atoms with Gasteiger partial charge in [-0.15, -0.1) is 0 Å². The molecule has 0 spiro atoms. The molecular formula is C9H13FN2O3S. The molecule has 16 heavy (non-hydrogen) atoms. The molecule has 0 saturated heterocycles. The Kier molecular flexibility index (Phi) is 3.84. The normalized spacial score (nSPS) is 13.5. The lowest BCUT2D eigenvalue weighted by molar-refractivity contribution is 0.398. The molecular weight excluding hydrogens is 235 g/mol. The van der Waals surface area contributed by atoms with Crippen molar-refractivity contribution in [3.8, 4) is 5.75 Å². The van der Waals surface area contributed by atoms with Crippen molar-refractivity contribution in [3.63, 3.8) is 0 Å². The molecule has 0 aromatic heterocycles. The molecule has 1 aromatic rings. The van der Waals surface area contributed by atoms with Crippen LogP contribution in [0.4, 0.5) is 4.39 Å². The van der Waals surface area contributed by atoms with Crippen LogP contribution < -0.4 is 14.6 Å². The minimum atomic E-state index is -3.89. The van der Waals surface area contributed by atoms with Crippen LogP contribution in [0.3, 0.4) is 0 Å². The zero-order chi connectivity index (χ0) is 12.3. The monoisotopic (exact) mass is 248 g/mol. The maximum Gasteiger partial charge on any atom is 0.274 e. The fourth-order valence-electron chi connectivity index (χ4n) is 1.42. The van der Waals surface area contributed by atoms with E-state index in [4.69, 9.17) is 9.88 Å². The first-order valence-corrected chi connectivity index (χ1v) is 6.02. The van der Waals surface area contributed by atoms with Gasteiger partial charge in [0.1, 0.15) is 11.6 Å². The summed E-state index contributed by atoms with van der Waals surface area (Å²) in [6.07, 6.45) is 0. The van der Waals surface area contributed by atoms with Gasteiger partial charge in [-0.05, 0) is 19.1 Å². The third-order valence-electron chi connectivity index (χ3n) is 2.01. The lowest BCUT2D eigenvalue weighted by atomic mass is 10.1. The van der Waals surface area contributed by atoms with Crippen molar-refractivity contribution in [1.82, 2.24) is 4.72 Å². The first-order chi connectivity index (χ1) is 7.35. The Labute approximate surface area is 93.6 Å². The van der Waals surface area contributed by atoms with Crippen LogP contribution in [0.5, 0.6) is 5.75 Å². The molecule has 0 bridgehead atoms. The minimum Gasteiger partial charge on any atom is -0.496 e. The molecule has 0 unspecified atom stereocenters. The van der Waals surface area contributed by atoms with E-state index in [0.29, 0.717) is 0 Å². The quantitative estimate of drug-likeness (QED) is 0.822. The van der Waals surface area contributed by atoms with Crippen LogP contribution in [-0.2, 0) is 10.2 Å². The number of hydrogen-bond donors (Lipinski definition) is 2. The van der Waals surface area contributed by atoms with E-state index in [1.54, 1.807) is 6.07 Å². The SMILES string of the molecule is COc1cccc(F)c1[C@H](C)NS(N)(=O)=O. The van der Waals surface area contributed by atoms with Gasteiger partial charge in [0.2, 0.25) is 0 Å². The van der Waals surface area contributed by atoms with Crippen molar-refractivity contribution in [1.29, 1.82) is 0 Å². The molecule has 0 radical (unpaired) electrons. The van der Waals surface area contributed by atoms with Crippen molar-refractivity contribution in [2.45, 2.75) is 13.0 Å². The van der Waals surface area contributed by atoms with E-state index < -0.39 is 22.1 Å². The van der Waals surface area contributed by atoms with E-state index in [2.05, 4.69) is 4.72 Å². The summed E-state index contributed by atoms with van der Waals surface area (Å²) in [5.41, 5.74) is 0.124. The largest absolute Gasteiger partial charge is 0.496 e. The lowest BCUT2D eigenvalue weighted by Crippen LogP contribution is -2.33. The van der Waals surface area contributed by atoms with E-state index in [9.17, 15) is 12.8 Å². The molecule has 3 N–H and O–H groups in total. The second-order valence-electron chi connectivity index (χ2n) is 3.24. The lowest BCUT2D eigenvalue weighted by Gasteiger charge is -2.16. The molecule has 0 fully saturated rings. The van der Waals surface area contributed by atoms with Gasteiger partial charge in [0.25, 0.3) is 10.2 Å². The summed E-state index contributed by atoms with van der Waals surface area (Å²) in [6, 6.07) is 3.44. The fraction of sp³-hybridized carbons (Fsp3) is 0.333. The highest BCUT2D eigenvalue weighted by Crippen LogP contribution is 2.27. The first kappa shape index (κ1) is 12.9. The molecule has 1 rings (SSSR count). The Bertz CT molecular complexity index is 476. The Morgan fingerprint density at radius 1 is 1.50 bits per heavy atom. The molecule has 0 aliphatic carbocycles. The molecule has 0 aliphatic heterocycles. The van der Waals surface area contributed by atoms with Gasteiger partial charge in [0, 0.05) is 5.56 Å². The first-order valence-electron chi connectivity index (χ1n) is 4.47. The van der Waals surface area contributed by atoms with Crippen molar-refractivity contribution >= 4 is 10.2 Å². The predicted molar refractivity (Wildman–Crippen MR) is 57.6 cm³/mol. The summed E-state index contributed by atoms with van der Waals surface area (Å²) in [4.78, 5) is 0. The van der Waals surface area contributed by atoms with Gasteiger partial charge in [-0.2, -0.15) is 13.1 Å². The molecule has 0 saturated carbocycles. The average molecular weight is 248 g/mol. The van der Waals surface area contributed by atoms with Crippen molar-refractivity contribution in [3.05, 3.63) is 29.6 Å². The van der Waals surface area contributed by atoms with Crippen LogP contribution in [0.15, 0.2) is 18.2 Å². The van der Waals surface area contributed by atoms with Gasteiger partial charge in [-0.25, -0.2) is 9.53 Å². The second kappa shape index (κ2) is 4.77. The molecule has 7 heteroatoms. The number of ether oxygens (including phenoxy) is 1.